The third-order valence-electron chi connectivity index (χ3n) is 3.24. The number of hydrogen-bond acceptors (Lipinski definition) is 1. The molecule has 2 rings (SSSR count). The molecule has 0 atom stereocenters. The molecule has 0 aliphatic heterocycles. The summed E-state index contributed by atoms with van der Waals surface area (Å²) < 4.78 is 6.45. The van der Waals surface area contributed by atoms with Crippen molar-refractivity contribution in [3.05, 3.63) is 51.6 Å². The van der Waals surface area contributed by atoms with E-state index in [1.54, 1.807) is 7.11 Å². The minimum Gasteiger partial charge on any atom is -0.497 e. The fourth-order valence-electron chi connectivity index (χ4n) is 2.01. The van der Waals surface area contributed by atoms with Crippen LogP contribution >= 0.6 is 22.6 Å². The molecule has 2 aromatic carbocycles. The van der Waals surface area contributed by atoms with Gasteiger partial charge in [-0.2, -0.15) is 0 Å². The lowest BCUT2D eigenvalue weighted by atomic mass is 9.86. The summed E-state index contributed by atoms with van der Waals surface area (Å²) in [6, 6.07) is 15.0. The smallest absolute Gasteiger partial charge is 0.119 e. The first-order chi connectivity index (χ1) is 8.91. The summed E-state index contributed by atoms with van der Waals surface area (Å²) in [5.41, 5.74) is 4.06. The largest absolute Gasteiger partial charge is 0.497 e. The predicted octanol–water partition coefficient (Wildman–Crippen LogP) is 5.26. The van der Waals surface area contributed by atoms with Crippen molar-refractivity contribution in [2.45, 2.75) is 26.2 Å². The monoisotopic (exact) mass is 366 g/mol. The molecular formula is C17H19IO. The number of ether oxygens (including phenoxy) is 1. The highest BCUT2D eigenvalue weighted by molar-refractivity contribution is 14.1. The van der Waals surface area contributed by atoms with Crippen LogP contribution in [0, 0.1) is 3.57 Å². The Morgan fingerprint density at radius 1 is 0.947 bits per heavy atom. The lowest BCUT2D eigenvalue weighted by Crippen LogP contribution is -2.10. The molecule has 19 heavy (non-hydrogen) atoms. The Morgan fingerprint density at radius 3 is 2.05 bits per heavy atom. The van der Waals surface area contributed by atoms with E-state index in [1.807, 2.05) is 6.07 Å². The highest BCUT2D eigenvalue weighted by Gasteiger charge is 2.13. The molecule has 0 aromatic heterocycles. The van der Waals surface area contributed by atoms with Gasteiger partial charge in [0.2, 0.25) is 0 Å². The van der Waals surface area contributed by atoms with Gasteiger partial charge in [0.15, 0.2) is 0 Å². The van der Waals surface area contributed by atoms with Crippen LogP contribution in [0.3, 0.4) is 0 Å². The first-order valence-electron chi connectivity index (χ1n) is 6.36. The molecule has 2 aromatic rings. The second kappa shape index (κ2) is 5.53. The Kier molecular flexibility index (Phi) is 4.19. The van der Waals surface area contributed by atoms with Gasteiger partial charge in [0.25, 0.3) is 0 Å². The van der Waals surface area contributed by atoms with E-state index in [0.717, 1.165) is 5.75 Å². The summed E-state index contributed by atoms with van der Waals surface area (Å²) in [4.78, 5) is 0. The van der Waals surface area contributed by atoms with Gasteiger partial charge in [-0.25, -0.2) is 0 Å². The van der Waals surface area contributed by atoms with Crippen LogP contribution in [0.4, 0.5) is 0 Å². The minimum atomic E-state index is 0.200. The number of methoxy groups -OCH3 is 1. The summed E-state index contributed by atoms with van der Waals surface area (Å²) in [7, 11) is 1.70. The highest BCUT2D eigenvalue weighted by Crippen LogP contribution is 2.30. The summed E-state index contributed by atoms with van der Waals surface area (Å²) in [6.45, 7) is 6.71. The van der Waals surface area contributed by atoms with E-state index in [1.165, 1.54) is 20.3 Å². The zero-order valence-electron chi connectivity index (χ0n) is 11.8. The first-order valence-corrected chi connectivity index (χ1v) is 7.44. The van der Waals surface area contributed by atoms with E-state index in [9.17, 15) is 0 Å². The van der Waals surface area contributed by atoms with Crippen molar-refractivity contribution in [3.63, 3.8) is 0 Å². The third-order valence-corrected chi connectivity index (χ3v) is 4.13. The van der Waals surface area contributed by atoms with Gasteiger partial charge in [0.05, 0.1) is 7.11 Å². The van der Waals surface area contributed by atoms with Crippen LogP contribution in [0.5, 0.6) is 5.75 Å². The molecule has 0 unspecified atom stereocenters. The molecule has 1 nitrogen and oxygen atoms in total. The lowest BCUT2D eigenvalue weighted by Gasteiger charge is -2.19. The van der Waals surface area contributed by atoms with Gasteiger partial charge in [-0.05, 0) is 62.9 Å². The van der Waals surface area contributed by atoms with Crippen molar-refractivity contribution in [2.75, 3.05) is 7.11 Å². The Bertz CT molecular complexity index is 565. The van der Waals surface area contributed by atoms with Crippen LogP contribution in [-0.4, -0.2) is 7.11 Å². The number of rotatable bonds is 2. The molecular weight excluding hydrogens is 347 g/mol. The molecule has 0 saturated carbocycles. The molecule has 0 fully saturated rings. The van der Waals surface area contributed by atoms with Gasteiger partial charge in [-0.1, -0.05) is 45.0 Å². The predicted molar refractivity (Wildman–Crippen MR) is 89.8 cm³/mol. The molecule has 0 N–H and O–H groups in total. The average molecular weight is 366 g/mol. The molecule has 0 bridgehead atoms. The van der Waals surface area contributed by atoms with Crippen LogP contribution < -0.4 is 4.74 Å². The summed E-state index contributed by atoms with van der Waals surface area (Å²) in [5, 5.41) is 0. The minimum absolute atomic E-state index is 0.200. The fraction of sp³-hybridized carbons (Fsp3) is 0.294. The van der Waals surface area contributed by atoms with E-state index in [-0.39, 0.29) is 5.41 Å². The molecule has 2 heteroatoms. The molecule has 0 aliphatic rings. The van der Waals surface area contributed by atoms with E-state index in [0.29, 0.717) is 0 Å². The quantitative estimate of drug-likeness (QED) is 0.659. The number of benzene rings is 2. The Hall–Kier alpha value is -1.03. The van der Waals surface area contributed by atoms with Gasteiger partial charge in [0, 0.05) is 3.57 Å². The zero-order valence-corrected chi connectivity index (χ0v) is 14.0. The van der Waals surface area contributed by atoms with Gasteiger partial charge < -0.3 is 4.74 Å². The SMILES string of the molecule is COc1ccc(-c2ccc(C(C)(C)C)cc2)c(I)c1. The summed E-state index contributed by atoms with van der Waals surface area (Å²) in [6.07, 6.45) is 0. The molecule has 0 heterocycles. The summed E-state index contributed by atoms with van der Waals surface area (Å²) in [5.74, 6) is 0.902. The Morgan fingerprint density at radius 2 is 1.58 bits per heavy atom. The molecule has 0 saturated heterocycles. The maximum Gasteiger partial charge on any atom is 0.119 e. The van der Waals surface area contributed by atoms with E-state index >= 15 is 0 Å². The molecule has 0 amide bonds. The van der Waals surface area contributed by atoms with Gasteiger partial charge in [-0.3, -0.25) is 0 Å². The maximum absolute atomic E-state index is 5.24. The highest BCUT2D eigenvalue weighted by atomic mass is 127. The average Bonchev–Trinajstić information content (AvgIpc) is 2.37. The van der Waals surface area contributed by atoms with E-state index < -0.39 is 0 Å². The molecule has 0 aliphatic carbocycles. The standard InChI is InChI=1S/C17H19IO/c1-17(2,3)13-7-5-12(6-8-13)15-10-9-14(19-4)11-16(15)18/h5-11H,1-4H3. The van der Waals surface area contributed by atoms with Crippen LogP contribution in [0.2, 0.25) is 0 Å². The van der Waals surface area contributed by atoms with Crippen molar-refractivity contribution in [3.8, 4) is 16.9 Å². The third kappa shape index (κ3) is 3.30. The topological polar surface area (TPSA) is 9.23 Å². The Labute approximate surface area is 129 Å². The summed E-state index contributed by atoms with van der Waals surface area (Å²) >= 11 is 2.36. The first kappa shape index (κ1) is 14.4. The van der Waals surface area contributed by atoms with Crippen molar-refractivity contribution in [2.24, 2.45) is 0 Å². The van der Waals surface area contributed by atoms with E-state index in [2.05, 4.69) is 79.8 Å². The van der Waals surface area contributed by atoms with Crippen LogP contribution in [-0.2, 0) is 5.41 Å². The van der Waals surface area contributed by atoms with Gasteiger partial charge in [-0.15, -0.1) is 0 Å². The van der Waals surface area contributed by atoms with Crippen LogP contribution in [0.15, 0.2) is 42.5 Å². The molecule has 0 radical (unpaired) electrons. The number of halogens is 1. The van der Waals surface area contributed by atoms with E-state index in [4.69, 9.17) is 4.74 Å². The molecule has 100 valence electrons. The molecule has 0 spiro atoms. The van der Waals surface area contributed by atoms with Gasteiger partial charge >= 0.3 is 0 Å². The fourth-order valence-corrected chi connectivity index (χ4v) is 2.80. The van der Waals surface area contributed by atoms with Crippen LogP contribution in [0.1, 0.15) is 26.3 Å². The maximum atomic E-state index is 5.24. The zero-order chi connectivity index (χ0) is 14.0. The van der Waals surface area contributed by atoms with Crippen molar-refractivity contribution < 1.29 is 4.74 Å². The van der Waals surface area contributed by atoms with Crippen molar-refractivity contribution in [1.29, 1.82) is 0 Å². The lowest BCUT2D eigenvalue weighted by molar-refractivity contribution is 0.414. The van der Waals surface area contributed by atoms with Gasteiger partial charge in [0.1, 0.15) is 5.75 Å². The normalized spacial score (nSPS) is 11.4. The van der Waals surface area contributed by atoms with Crippen molar-refractivity contribution >= 4 is 22.6 Å². The Balaban J connectivity index is 2.37. The van der Waals surface area contributed by atoms with Crippen molar-refractivity contribution in [1.82, 2.24) is 0 Å². The van der Waals surface area contributed by atoms with Crippen LogP contribution in [0.25, 0.3) is 11.1 Å². The number of hydrogen-bond donors (Lipinski definition) is 0. The second-order valence-corrected chi connectivity index (χ2v) is 6.84. The second-order valence-electron chi connectivity index (χ2n) is 5.67.